The SMILES string of the molecule is CNCc1ccc(OC)c(CS(=O)C(C)C)c1. The Labute approximate surface area is 106 Å². The molecule has 1 atom stereocenters. The van der Waals surface area contributed by atoms with Crippen LogP contribution in [0.1, 0.15) is 25.0 Å². The van der Waals surface area contributed by atoms with E-state index in [0.29, 0.717) is 5.75 Å². The lowest BCUT2D eigenvalue weighted by atomic mass is 10.1. The third-order valence-electron chi connectivity index (χ3n) is 2.55. The Morgan fingerprint density at radius 3 is 2.65 bits per heavy atom. The quantitative estimate of drug-likeness (QED) is 0.845. The molecule has 0 saturated carbocycles. The van der Waals surface area contributed by atoms with Gasteiger partial charge < -0.3 is 10.1 Å². The zero-order valence-electron chi connectivity index (χ0n) is 10.9. The summed E-state index contributed by atoms with van der Waals surface area (Å²) in [6.07, 6.45) is 0. The Morgan fingerprint density at radius 2 is 2.12 bits per heavy atom. The predicted molar refractivity (Wildman–Crippen MR) is 72.7 cm³/mol. The lowest BCUT2D eigenvalue weighted by Gasteiger charge is -2.12. The number of benzene rings is 1. The number of hydrogen-bond acceptors (Lipinski definition) is 3. The molecule has 3 nitrogen and oxygen atoms in total. The summed E-state index contributed by atoms with van der Waals surface area (Å²) in [7, 11) is 2.71. The summed E-state index contributed by atoms with van der Waals surface area (Å²) < 4.78 is 17.2. The molecule has 0 spiro atoms. The lowest BCUT2D eigenvalue weighted by molar-refractivity contribution is 0.411. The van der Waals surface area contributed by atoms with Crippen molar-refractivity contribution in [1.82, 2.24) is 5.32 Å². The summed E-state index contributed by atoms with van der Waals surface area (Å²) in [5.74, 6) is 1.37. The van der Waals surface area contributed by atoms with Crippen molar-refractivity contribution < 1.29 is 8.95 Å². The van der Waals surface area contributed by atoms with Crippen LogP contribution in [0.2, 0.25) is 0 Å². The molecule has 17 heavy (non-hydrogen) atoms. The summed E-state index contributed by atoms with van der Waals surface area (Å²) in [5, 5.41) is 3.28. The molecule has 4 heteroatoms. The van der Waals surface area contributed by atoms with Crippen LogP contribution in [0.5, 0.6) is 5.75 Å². The minimum atomic E-state index is -0.847. The molecule has 0 amide bonds. The molecule has 1 rings (SSSR count). The summed E-state index contributed by atoms with van der Waals surface area (Å²) in [5.41, 5.74) is 2.20. The maximum Gasteiger partial charge on any atom is 0.123 e. The van der Waals surface area contributed by atoms with Crippen LogP contribution in [-0.4, -0.2) is 23.6 Å². The van der Waals surface area contributed by atoms with E-state index < -0.39 is 10.8 Å². The zero-order chi connectivity index (χ0) is 12.8. The molecule has 0 aliphatic rings. The fourth-order valence-electron chi connectivity index (χ4n) is 1.58. The van der Waals surface area contributed by atoms with Crippen molar-refractivity contribution in [2.24, 2.45) is 0 Å². The smallest absolute Gasteiger partial charge is 0.123 e. The van der Waals surface area contributed by atoms with E-state index in [0.717, 1.165) is 17.9 Å². The summed E-state index contributed by atoms with van der Waals surface area (Å²) >= 11 is 0. The van der Waals surface area contributed by atoms with Gasteiger partial charge in [-0.05, 0) is 24.7 Å². The lowest BCUT2D eigenvalue weighted by Crippen LogP contribution is -2.10. The van der Waals surface area contributed by atoms with E-state index in [9.17, 15) is 4.21 Å². The Bertz CT molecular complexity index is 391. The van der Waals surface area contributed by atoms with Crippen LogP contribution in [0.3, 0.4) is 0 Å². The predicted octanol–water partition coefficient (Wildman–Crippen LogP) is 2.07. The molecule has 0 fully saturated rings. The van der Waals surface area contributed by atoms with Crippen LogP contribution in [-0.2, 0) is 23.1 Å². The number of rotatable bonds is 6. The van der Waals surface area contributed by atoms with Gasteiger partial charge in [-0.1, -0.05) is 19.9 Å². The fourth-order valence-corrected chi connectivity index (χ4v) is 2.44. The third-order valence-corrected chi connectivity index (χ3v) is 4.20. The molecule has 0 aliphatic carbocycles. The van der Waals surface area contributed by atoms with Gasteiger partial charge >= 0.3 is 0 Å². The second kappa shape index (κ2) is 6.77. The van der Waals surface area contributed by atoms with Crippen molar-refractivity contribution in [2.45, 2.75) is 31.4 Å². The van der Waals surface area contributed by atoms with Gasteiger partial charge in [0.05, 0.1) is 12.9 Å². The molecule has 1 N–H and O–H groups in total. The standard InChI is InChI=1S/C13H21NO2S/c1-10(2)17(15)9-12-7-11(8-14-3)5-6-13(12)16-4/h5-7,10,14H,8-9H2,1-4H3. The van der Waals surface area contributed by atoms with Crippen LogP contribution < -0.4 is 10.1 Å². The maximum atomic E-state index is 11.9. The molecule has 1 unspecified atom stereocenters. The molecular weight excluding hydrogens is 234 g/mol. The van der Waals surface area contributed by atoms with Gasteiger partial charge in [-0.3, -0.25) is 4.21 Å². The maximum absolute atomic E-state index is 11.9. The normalized spacial score (nSPS) is 12.8. The van der Waals surface area contributed by atoms with Gasteiger partial charge in [0.2, 0.25) is 0 Å². The van der Waals surface area contributed by atoms with Crippen LogP contribution in [0, 0.1) is 0 Å². The van der Waals surface area contributed by atoms with E-state index in [1.807, 2.05) is 33.0 Å². The second-order valence-corrected chi connectivity index (χ2v) is 6.24. The molecule has 0 aromatic heterocycles. The number of ether oxygens (including phenoxy) is 1. The molecule has 1 aromatic rings. The Kier molecular flexibility index (Phi) is 5.65. The molecule has 0 heterocycles. The average molecular weight is 255 g/mol. The Morgan fingerprint density at radius 1 is 1.41 bits per heavy atom. The van der Waals surface area contributed by atoms with Crippen LogP contribution in [0.25, 0.3) is 0 Å². The van der Waals surface area contributed by atoms with E-state index in [-0.39, 0.29) is 5.25 Å². The first-order chi connectivity index (χ1) is 8.08. The molecule has 0 aliphatic heterocycles. The molecule has 1 aromatic carbocycles. The minimum absolute atomic E-state index is 0.174. The van der Waals surface area contributed by atoms with E-state index in [2.05, 4.69) is 11.4 Å². The van der Waals surface area contributed by atoms with E-state index >= 15 is 0 Å². The highest BCUT2D eigenvalue weighted by atomic mass is 32.2. The second-order valence-electron chi connectivity index (χ2n) is 4.25. The van der Waals surface area contributed by atoms with Gasteiger partial charge in [0.1, 0.15) is 5.75 Å². The zero-order valence-corrected chi connectivity index (χ0v) is 11.8. The van der Waals surface area contributed by atoms with Gasteiger partial charge in [0, 0.05) is 28.2 Å². The summed E-state index contributed by atoms with van der Waals surface area (Å²) in [6.45, 7) is 4.76. The number of methoxy groups -OCH3 is 1. The fraction of sp³-hybridized carbons (Fsp3) is 0.538. The highest BCUT2D eigenvalue weighted by Crippen LogP contribution is 2.22. The topological polar surface area (TPSA) is 38.3 Å². The first-order valence-electron chi connectivity index (χ1n) is 5.76. The highest BCUT2D eigenvalue weighted by Gasteiger charge is 2.11. The molecule has 0 saturated heterocycles. The van der Waals surface area contributed by atoms with Crippen LogP contribution >= 0.6 is 0 Å². The van der Waals surface area contributed by atoms with Crippen LogP contribution in [0.15, 0.2) is 18.2 Å². The van der Waals surface area contributed by atoms with Crippen molar-refractivity contribution in [1.29, 1.82) is 0 Å². The first kappa shape index (κ1) is 14.2. The van der Waals surface area contributed by atoms with Crippen LogP contribution in [0.4, 0.5) is 0 Å². The van der Waals surface area contributed by atoms with Gasteiger partial charge in [-0.15, -0.1) is 0 Å². The minimum Gasteiger partial charge on any atom is -0.496 e. The monoisotopic (exact) mass is 255 g/mol. The average Bonchev–Trinajstić information content (AvgIpc) is 2.29. The van der Waals surface area contributed by atoms with E-state index in [1.165, 1.54) is 5.56 Å². The van der Waals surface area contributed by atoms with Crippen molar-refractivity contribution in [3.8, 4) is 5.75 Å². The van der Waals surface area contributed by atoms with Crippen molar-refractivity contribution in [2.75, 3.05) is 14.2 Å². The van der Waals surface area contributed by atoms with Gasteiger partial charge in [0.15, 0.2) is 0 Å². The largest absolute Gasteiger partial charge is 0.496 e. The molecule has 0 bridgehead atoms. The highest BCUT2D eigenvalue weighted by molar-refractivity contribution is 7.84. The molecular formula is C13H21NO2S. The Hall–Kier alpha value is -0.870. The molecule has 0 radical (unpaired) electrons. The van der Waals surface area contributed by atoms with Gasteiger partial charge in [-0.2, -0.15) is 0 Å². The summed E-state index contributed by atoms with van der Waals surface area (Å²) in [4.78, 5) is 0. The van der Waals surface area contributed by atoms with Crippen molar-refractivity contribution >= 4 is 10.8 Å². The number of nitrogens with one attached hydrogen (secondary N) is 1. The third kappa shape index (κ3) is 4.13. The number of hydrogen-bond donors (Lipinski definition) is 1. The van der Waals surface area contributed by atoms with Crippen molar-refractivity contribution in [3.05, 3.63) is 29.3 Å². The van der Waals surface area contributed by atoms with E-state index in [1.54, 1.807) is 7.11 Å². The van der Waals surface area contributed by atoms with E-state index in [4.69, 9.17) is 4.74 Å². The van der Waals surface area contributed by atoms with Gasteiger partial charge in [-0.25, -0.2) is 0 Å². The van der Waals surface area contributed by atoms with Gasteiger partial charge in [0.25, 0.3) is 0 Å². The van der Waals surface area contributed by atoms with Crippen molar-refractivity contribution in [3.63, 3.8) is 0 Å². The Balaban J connectivity index is 2.93. The molecule has 96 valence electrons. The summed E-state index contributed by atoms with van der Waals surface area (Å²) in [6, 6.07) is 6.03. The first-order valence-corrected chi connectivity index (χ1v) is 7.14.